The largest absolute Gasteiger partial charge is 0.458 e. The van der Waals surface area contributed by atoms with Gasteiger partial charge < -0.3 is 14.6 Å². The van der Waals surface area contributed by atoms with E-state index in [0.29, 0.717) is 12.8 Å². The second kappa shape index (κ2) is 7.90. The zero-order valence-electron chi connectivity index (χ0n) is 20.1. The molecule has 3 saturated carbocycles. The van der Waals surface area contributed by atoms with Gasteiger partial charge >= 0.3 is 11.9 Å². The van der Waals surface area contributed by atoms with Gasteiger partial charge in [-0.25, -0.2) is 0 Å². The van der Waals surface area contributed by atoms with Crippen LogP contribution < -0.4 is 0 Å². The number of carbonyl (C=O) groups is 4. The molecular weight excluding hydrogens is 424 g/mol. The van der Waals surface area contributed by atoms with Crippen LogP contribution in [0.15, 0.2) is 23.8 Å². The number of hydrogen-bond acceptors (Lipinski definition) is 7. The zero-order chi connectivity index (χ0) is 24.3. The van der Waals surface area contributed by atoms with Gasteiger partial charge in [0.1, 0.15) is 0 Å². The van der Waals surface area contributed by atoms with Crippen molar-refractivity contribution in [2.75, 3.05) is 6.61 Å². The van der Waals surface area contributed by atoms with Crippen LogP contribution in [-0.4, -0.2) is 46.9 Å². The second-order valence-corrected chi connectivity index (χ2v) is 10.9. The summed E-state index contributed by atoms with van der Waals surface area (Å²) in [6.07, 6.45) is 6.62. The van der Waals surface area contributed by atoms with Crippen molar-refractivity contribution in [3.05, 3.63) is 23.8 Å². The van der Waals surface area contributed by atoms with E-state index in [1.54, 1.807) is 12.2 Å². The molecule has 0 saturated heterocycles. The minimum Gasteiger partial charge on any atom is -0.458 e. The third-order valence-electron chi connectivity index (χ3n) is 9.11. The van der Waals surface area contributed by atoms with Gasteiger partial charge in [0.15, 0.2) is 18.0 Å². The van der Waals surface area contributed by atoms with Crippen LogP contribution in [0, 0.1) is 34.5 Å². The number of allylic oxidation sites excluding steroid dienone is 4. The van der Waals surface area contributed by atoms with E-state index < -0.39 is 46.9 Å². The van der Waals surface area contributed by atoms with Crippen LogP contribution in [-0.2, 0) is 28.7 Å². The number of carbonyl (C=O) groups excluding carboxylic acids is 4. The van der Waals surface area contributed by atoms with E-state index in [-0.39, 0.29) is 35.9 Å². The van der Waals surface area contributed by atoms with Gasteiger partial charge in [-0.2, -0.15) is 0 Å². The SMILES string of the molecule is CC(=O)OCC(=O)[C@@]1(OC(C)=O)CC[C@H]2[C@@H]3CC(C)C4=CC(=O)C=C[C@]4(C)[C@H]3C(O)C[C@@]21C. The first-order valence-corrected chi connectivity index (χ1v) is 11.9. The minimum absolute atomic E-state index is 0.0197. The summed E-state index contributed by atoms with van der Waals surface area (Å²) in [6, 6.07) is 0. The highest BCUT2D eigenvalue weighted by Crippen LogP contribution is 2.68. The van der Waals surface area contributed by atoms with Crippen molar-refractivity contribution in [1.29, 1.82) is 0 Å². The Balaban J connectivity index is 1.76. The molecule has 0 amide bonds. The number of ether oxygens (including phenoxy) is 2. The molecule has 0 aromatic rings. The standard InChI is InChI=1S/C26H34O7/c1-14-10-18-19-7-9-26(33-16(3)28,22(31)13-32-15(2)27)25(19,5)12-21(30)23(18)24(4)8-6-17(29)11-20(14)24/h6,8,11,14,18-19,21,23,30H,7,9-10,12-13H2,1-5H3/t14?,18-,19-,21?,23+,24-,25-,26-/m0/s1. The van der Waals surface area contributed by atoms with Gasteiger partial charge in [0.05, 0.1) is 6.10 Å². The molecule has 180 valence electrons. The van der Waals surface area contributed by atoms with E-state index >= 15 is 0 Å². The maximum atomic E-state index is 13.4. The third-order valence-corrected chi connectivity index (χ3v) is 9.11. The first-order chi connectivity index (χ1) is 15.4. The number of rotatable bonds is 4. The molecular formula is C26H34O7. The van der Waals surface area contributed by atoms with Crippen LogP contribution in [0.25, 0.3) is 0 Å². The number of fused-ring (bicyclic) bond motifs is 5. The minimum atomic E-state index is -1.44. The fraction of sp³-hybridized carbons (Fsp3) is 0.692. The van der Waals surface area contributed by atoms with Gasteiger partial charge in [0.25, 0.3) is 0 Å². The van der Waals surface area contributed by atoms with Crippen LogP contribution >= 0.6 is 0 Å². The van der Waals surface area contributed by atoms with Crippen molar-refractivity contribution < 1.29 is 33.8 Å². The zero-order valence-corrected chi connectivity index (χ0v) is 20.1. The third kappa shape index (κ3) is 3.42. The molecule has 0 spiro atoms. The number of hydrogen-bond donors (Lipinski definition) is 1. The Morgan fingerprint density at radius 3 is 2.52 bits per heavy atom. The highest BCUT2D eigenvalue weighted by Gasteiger charge is 2.70. The van der Waals surface area contributed by atoms with Crippen molar-refractivity contribution in [1.82, 2.24) is 0 Å². The lowest BCUT2D eigenvalue weighted by Crippen LogP contribution is -2.63. The Hall–Kier alpha value is -2.28. The molecule has 33 heavy (non-hydrogen) atoms. The van der Waals surface area contributed by atoms with E-state index in [9.17, 15) is 24.3 Å². The van der Waals surface area contributed by atoms with Gasteiger partial charge in [0.2, 0.25) is 5.78 Å². The normalized spacial score (nSPS) is 43.6. The number of aliphatic hydroxyl groups is 1. The summed E-state index contributed by atoms with van der Waals surface area (Å²) in [5.41, 5.74) is -1.61. The number of ketones is 2. The van der Waals surface area contributed by atoms with Gasteiger partial charge in [-0.05, 0) is 55.6 Å². The van der Waals surface area contributed by atoms with Crippen LogP contribution in [0.3, 0.4) is 0 Å². The summed E-state index contributed by atoms with van der Waals surface area (Å²) < 4.78 is 10.8. The Kier molecular flexibility index (Phi) is 5.71. The molecule has 7 heteroatoms. The van der Waals surface area contributed by atoms with E-state index in [4.69, 9.17) is 9.47 Å². The molecule has 0 bridgehead atoms. The maximum Gasteiger partial charge on any atom is 0.303 e. The lowest BCUT2D eigenvalue weighted by Gasteiger charge is -2.61. The number of esters is 2. The van der Waals surface area contributed by atoms with Crippen LogP contribution in [0.2, 0.25) is 0 Å². The monoisotopic (exact) mass is 458 g/mol. The Bertz CT molecular complexity index is 964. The Morgan fingerprint density at radius 2 is 1.88 bits per heavy atom. The molecule has 0 radical (unpaired) electrons. The van der Waals surface area contributed by atoms with Crippen LogP contribution in [0.1, 0.15) is 60.3 Å². The van der Waals surface area contributed by atoms with Gasteiger partial charge in [-0.1, -0.05) is 32.4 Å². The quantitative estimate of drug-likeness (QED) is 0.646. The van der Waals surface area contributed by atoms with Crippen molar-refractivity contribution >= 4 is 23.5 Å². The van der Waals surface area contributed by atoms with Crippen molar-refractivity contribution in [3.8, 4) is 0 Å². The van der Waals surface area contributed by atoms with E-state index in [2.05, 4.69) is 13.8 Å². The molecule has 0 aromatic heterocycles. The molecule has 3 fully saturated rings. The van der Waals surface area contributed by atoms with E-state index in [1.807, 2.05) is 13.0 Å². The number of aliphatic hydroxyl groups excluding tert-OH is 1. The lowest BCUT2D eigenvalue weighted by atomic mass is 9.44. The van der Waals surface area contributed by atoms with E-state index in [0.717, 1.165) is 12.0 Å². The molecule has 4 rings (SSSR count). The Labute approximate surface area is 194 Å². The first-order valence-electron chi connectivity index (χ1n) is 11.9. The summed E-state index contributed by atoms with van der Waals surface area (Å²) in [4.78, 5) is 49.1. The highest BCUT2D eigenvalue weighted by molar-refractivity contribution is 6.01. The van der Waals surface area contributed by atoms with Crippen LogP contribution in [0.4, 0.5) is 0 Å². The molecule has 0 aromatic carbocycles. The summed E-state index contributed by atoms with van der Waals surface area (Å²) in [5, 5.41) is 11.6. The predicted molar refractivity (Wildman–Crippen MR) is 119 cm³/mol. The van der Waals surface area contributed by atoms with E-state index in [1.165, 1.54) is 13.8 Å². The highest BCUT2D eigenvalue weighted by atomic mass is 16.6. The second-order valence-electron chi connectivity index (χ2n) is 10.9. The van der Waals surface area contributed by atoms with Crippen molar-refractivity contribution in [2.45, 2.75) is 72.0 Å². The van der Waals surface area contributed by atoms with Gasteiger partial charge in [0, 0.05) is 30.6 Å². The smallest absolute Gasteiger partial charge is 0.303 e. The summed E-state index contributed by atoms with van der Waals surface area (Å²) in [5.74, 6) is -1.40. The van der Waals surface area contributed by atoms with Crippen LogP contribution in [0.5, 0.6) is 0 Å². The fourth-order valence-corrected chi connectivity index (χ4v) is 7.95. The molecule has 0 aliphatic heterocycles. The van der Waals surface area contributed by atoms with Crippen molar-refractivity contribution in [2.24, 2.45) is 34.5 Å². The average Bonchev–Trinajstić information content (AvgIpc) is 2.99. The fourth-order valence-electron chi connectivity index (χ4n) is 7.95. The lowest BCUT2D eigenvalue weighted by molar-refractivity contribution is -0.200. The topological polar surface area (TPSA) is 107 Å². The summed E-state index contributed by atoms with van der Waals surface area (Å²) in [6.45, 7) is 8.21. The first kappa shape index (κ1) is 23.9. The summed E-state index contributed by atoms with van der Waals surface area (Å²) >= 11 is 0. The Morgan fingerprint density at radius 1 is 1.18 bits per heavy atom. The molecule has 7 nitrogen and oxygen atoms in total. The molecule has 0 heterocycles. The molecule has 4 aliphatic rings. The predicted octanol–water partition coefficient (Wildman–Crippen LogP) is 2.95. The average molecular weight is 459 g/mol. The number of Topliss-reactive ketones (excluding diaryl/α,β-unsaturated/α-hetero) is 1. The summed E-state index contributed by atoms with van der Waals surface area (Å²) in [7, 11) is 0. The molecule has 2 unspecified atom stereocenters. The molecule has 1 N–H and O–H groups in total. The van der Waals surface area contributed by atoms with Crippen molar-refractivity contribution in [3.63, 3.8) is 0 Å². The van der Waals surface area contributed by atoms with Gasteiger partial charge in [-0.15, -0.1) is 0 Å². The molecule has 8 atom stereocenters. The van der Waals surface area contributed by atoms with Gasteiger partial charge in [-0.3, -0.25) is 19.2 Å². The molecule has 4 aliphatic carbocycles. The maximum absolute atomic E-state index is 13.4.